The highest BCUT2D eigenvalue weighted by atomic mass is 16.5. The second-order valence-corrected chi connectivity index (χ2v) is 6.61. The fourth-order valence-corrected chi connectivity index (χ4v) is 3.77. The number of ether oxygens (including phenoxy) is 5. The van der Waals surface area contributed by atoms with Gasteiger partial charge in [0.2, 0.25) is 11.6 Å². The van der Waals surface area contributed by atoms with Gasteiger partial charge in [0, 0.05) is 18.4 Å². The molecule has 0 bridgehead atoms. The van der Waals surface area contributed by atoms with Gasteiger partial charge in [-0.2, -0.15) is 0 Å². The minimum atomic E-state index is -0.751. The van der Waals surface area contributed by atoms with Crippen molar-refractivity contribution in [2.24, 2.45) is 5.73 Å². The lowest BCUT2D eigenvalue weighted by atomic mass is 9.77. The number of allylic oxidation sites excluding steroid dienone is 2. The van der Waals surface area contributed by atoms with Crippen LogP contribution < -0.4 is 19.9 Å². The molecule has 29 heavy (non-hydrogen) atoms. The van der Waals surface area contributed by atoms with E-state index in [-0.39, 0.29) is 23.8 Å². The molecule has 8 nitrogen and oxygen atoms in total. The lowest BCUT2D eigenvalue weighted by Crippen LogP contribution is -2.31. The highest BCUT2D eigenvalue weighted by Gasteiger charge is 2.41. The van der Waals surface area contributed by atoms with Crippen molar-refractivity contribution in [3.05, 3.63) is 40.5 Å². The zero-order valence-electron chi connectivity index (χ0n) is 17.0. The van der Waals surface area contributed by atoms with Crippen LogP contribution in [-0.4, -0.2) is 39.7 Å². The van der Waals surface area contributed by atoms with E-state index in [2.05, 4.69) is 0 Å². The van der Waals surface area contributed by atoms with Gasteiger partial charge in [-0.1, -0.05) is 0 Å². The van der Waals surface area contributed by atoms with Crippen molar-refractivity contribution >= 4 is 11.8 Å². The molecule has 0 aromatic heterocycles. The Balaban J connectivity index is 2.25. The fourth-order valence-electron chi connectivity index (χ4n) is 3.77. The molecule has 0 unspecified atom stereocenters. The van der Waals surface area contributed by atoms with Gasteiger partial charge in [-0.15, -0.1) is 0 Å². The molecular weight excluding hydrogens is 378 g/mol. The fraction of sp³-hybridized carbons (Fsp3) is 0.429. The predicted octanol–water partition coefficient (Wildman–Crippen LogP) is 2.57. The van der Waals surface area contributed by atoms with Crippen LogP contribution in [0.5, 0.6) is 17.2 Å². The van der Waals surface area contributed by atoms with Crippen molar-refractivity contribution in [3.63, 3.8) is 0 Å². The summed E-state index contributed by atoms with van der Waals surface area (Å²) in [7, 11) is 4.50. The molecule has 1 aliphatic heterocycles. The Morgan fingerprint density at radius 2 is 1.79 bits per heavy atom. The zero-order valence-corrected chi connectivity index (χ0v) is 17.0. The molecule has 2 aliphatic rings. The molecule has 0 saturated heterocycles. The summed E-state index contributed by atoms with van der Waals surface area (Å²) in [6.45, 7) is 1.86. The van der Waals surface area contributed by atoms with Crippen LogP contribution in [0.2, 0.25) is 0 Å². The maximum absolute atomic E-state index is 12.8. The monoisotopic (exact) mass is 403 g/mol. The molecule has 0 fully saturated rings. The first-order valence-electron chi connectivity index (χ1n) is 9.37. The van der Waals surface area contributed by atoms with Crippen molar-refractivity contribution in [1.29, 1.82) is 0 Å². The number of hydrogen-bond acceptors (Lipinski definition) is 8. The molecule has 0 spiro atoms. The number of methoxy groups -OCH3 is 3. The number of hydrogen-bond donors (Lipinski definition) is 1. The van der Waals surface area contributed by atoms with Gasteiger partial charge in [-0.05, 0) is 31.0 Å². The first-order chi connectivity index (χ1) is 14.0. The summed E-state index contributed by atoms with van der Waals surface area (Å²) >= 11 is 0. The number of carbonyl (C=O) groups excluding carboxylic acids is 2. The van der Waals surface area contributed by atoms with Gasteiger partial charge < -0.3 is 29.4 Å². The Morgan fingerprint density at radius 1 is 1.14 bits per heavy atom. The summed E-state index contributed by atoms with van der Waals surface area (Å²) in [5, 5.41) is 0. The molecule has 0 amide bonds. The van der Waals surface area contributed by atoms with Crippen LogP contribution in [0.3, 0.4) is 0 Å². The molecule has 156 valence electrons. The molecule has 8 heteroatoms. The standard InChI is InChI=1S/C21H25NO7/c1-5-28-21(24)18-16(17-12(23)7-6-8-13(17)29-20(18)22)11-9-14(25-2)19(27-4)15(10-11)26-3/h9-10,16H,5-8,22H2,1-4H3/t16-/m1/s1. The van der Waals surface area contributed by atoms with Gasteiger partial charge in [0.15, 0.2) is 17.3 Å². The molecule has 1 aromatic rings. The molecule has 2 N–H and O–H groups in total. The van der Waals surface area contributed by atoms with Crippen molar-refractivity contribution in [2.75, 3.05) is 27.9 Å². The summed E-state index contributed by atoms with van der Waals surface area (Å²) in [6.07, 6.45) is 1.61. The molecular formula is C21H25NO7. The Morgan fingerprint density at radius 3 is 2.34 bits per heavy atom. The Kier molecular flexibility index (Phi) is 6.00. The molecule has 1 aliphatic carbocycles. The zero-order chi connectivity index (χ0) is 21.1. The van der Waals surface area contributed by atoms with E-state index >= 15 is 0 Å². The number of benzene rings is 1. The summed E-state index contributed by atoms with van der Waals surface area (Å²) in [5.74, 6) is 0.180. The Bertz CT molecular complexity index is 875. The van der Waals surface area contributed by atoms with Gasteiger partial charge in [-0.3, -0.25) is 4.79 Å². The minimum Gasteiger partial charge on any atom is -0.493 e. The van der Waals surface area contributed by atoms with E-state index in [0.717, 1.165) is 0 Å². The van der Waals surface area contributed by atoms with Crippen LogP contribution in [0.1, 0.15) is 37.7 Å². The third-order valence-corrected chi connectivity index (χ3v) is 5.00. The van der Waals surface area contributed by atoms with Crippen LogP contribution in [-0.2, 0) is 19.1 Å². The molecule has 1 heterocycles. The highest BCUT2D eigenvalue weighted by Crippen LogP contribution is 2.48. The van der Waals surface area contributed by atoms with E-state index < -0.39 is 11.9 Å². The molecule has 3 rings (SSSR count). The van der Waals surface area contributed by atoms with Crippen LogP contribution in [0.4, 0.5) is 0 Å². The van der Waals surface area contributed by atoms with E-state index in [9.17, 15) is 9.59 Å². The SMILES string of the molecule is CCOC(=O)C1=C(N)OC2=C(C(=O)CCC2)[C@H]1c1cc(OC)c(OC)c(OC)c1. The van der Waals surface area contributed by atoms with E-state index in [1.54, 1.807) is 19.1 Å². The lowest BCUT2D eigenvalue weighted by Gasteiger charge is -2.32. The average Bonchev–Trinajstić information content (AvgIpc) is 2.71. The van der Waals surface area contributed by atoms with Crippen LogP contribution >= 0.6 is 0 Å². The Labute approximate surface area is 169 Å². The van der Waals surface area contributed by atoms with Crippen molar-refractivity contribution in [2.45, 2.75) is 32.1 Å². The largest absolute Gasteiger partial charge is 0.493 e. The van der Waals surface area contributed by atoms with E-state index in [1.807, 2.05) is 0 Å². The minimum absolute atomic E-state index is 0.0596. The predicted molar refractivity (Wildman–Crippen MR) is 104 cm³/mol. The maximum Gasteiger partial charge on any atom is 0.340 e. The number of Topliss-reactive ketones (excluding diaryl/α,β-unsaturated/α-hetero) is 1. The van der Waals surface area contributed by atoms with Crippen LogP contribution in [0, 0.1) is 0 Å². The van der Waals surface area contributed by atoms with Crippen LogP contribution in [0.15, 0.2) is 34.9 Å². The Hall–Kier alpha value is -3.16. The van der Waals surface area contributed by atoms with E-state index in [4.69, 9.17) is 29.4 Å². The van der Waals surface area contributed by atoms with Crippen molar-refractivity contribution in [1.82, 2.24) is 0 Å². The lowest BCUT2D eigenvalue weighted by molar-refractivity contribution is -0.139. The topological polar surface area (TPSA) is 106 Å². The summed E-state index contributed by atoms with van der Waals surface area (Å²) in [6, 6.07) is 3.41. The number of carbonyl (C=O) groups is 2. The summed E-state index contributed by atoms with van der Waals surface area (Å²) in [4.78, 5) is 25.6. The average molecular weight is 403 g/mol. The summed E-state index contributed by atoms with van der Waals surface area (Å²) < 4.78 is 27.1. The highest BCUT2D eigenvalue weighted by molar-refractivity contribution is 6.03. The number of esters is 1. The van der Waals surface area contributed by atoms with Gasteiger partial charge >= 0.3 is 5.97 Å². The van der Waals surface area contributed by atoms with Gasteiger partial charge in [-0.25, -0.2) is 4.79 Å². The molecule has 0 radical (unpaired) electrons. The van der Waals surface area contributed by atoms with Crippen molar-refractivity contribution < 1.29 is 33.3 Å². The number of ketones is 1. The summed E-state index contributed by atoms with van der Waals surface area (Å²) in [5.41, 5.74) is 7.22. The van der Waals surface area contributed by atoms with Gasteiger partial charge in [0.25, 0.3) is 0 Å². The van der Waals surface area contributed by atoms with E-state index in [1.165, 1.54) is 21.3 Å². The molecule has 1 aromatic carbocycles. The first-order valence-corrected chi connectivity index (χ1v) is 9.37. The molecule has 1 atom stereocenters. The second kappa shape index (κ2) is 8.46. The maximum atomic E-state index is 12.8. The number of rotatable bonds is 6. The smallest absolute Gasteiger partial charge is 0.340 e. The first kappa shape index (κ1) is 20.6. The third kappa shape index (κ3) is 3.62. The quantitative estimate of drug-likeness (QED) is 0.723. The molecule has 0 saturated carbocycles. The van der Waals surface area contributed by atoms with E-state index in [0.29, 0.717) is 53.4 Å². The van der Waals surface area contributed by atoms with Gasteiger partial charge in [0.05, 0.1) is 33.9 Å². The normalized spacial score (nSPS) is 18.8. The second-order valence-electron chi connectivity index (χ2n) is 6.61. The third-order valence-electron chi connectivity index (χ3n) is 5.00. The van der Waals surface area contributed by atoms with Crippen LogP contribution in [0.25, 0.3) is 0 Å². The number of nitrogens with two attached hydrogens (primary N) is 1. The van der Waals surface area contributed by atoms with Gasteiger partial charge in [0.1, 0.15) is 11.3 Å². The van der Waals surface area contributed by atoms with Crippen molar-refractivity contribution in [3.8, 4) is 17.2 Å².